The Morgan fingerprint density at radius 1 is 1.26 bits per heavy atom. The van der Waals surface area contributed by atoms with Crippen LogP contribution in [0.4, 0.5) is 15.8 Å². The van der Waals surface area contributed by atoms with Gasteiger partial charge >= 0.3 is 0 Å². The third-order valence-electron chi connectivity index (χ3n) is 6.74. The highest BCUT2D eigenvalue weighted by Gasteiger charge is 2.59. The number of anilines is 2. The Morgan fingerprint density at radius 2 is 2.00 bits per heavy atom. The van der Waals surface area contributed by atoms with E-state index in [4.69, 9.17) is 12.2 Å². The molecule has 176 valence electrons. The zero-order chi connectivity index (χ0) is 24.8. The second kappa shape index (κ2) is 8.44. The van der Waals surface area contributed by atoms with Gasteiger partial charge in [-0.3, -0.25) is 14.5 Å². The van der Waals surface area contributed by atoms with Crippen LogP contribution in [-0.2, 0) is 4.79 Å². The first kappa shape index (κ1) is 23.8. The number of carbonyl (C=O) groups is 2. The molecule has 1 atom stereocenters. The number of amides is 2. The molecule has 1 aromatic heterocycles. The Bertz CT molecular complexity index is 1250. The average Bonchev–Trinajstić information content (AvgIpc) is 2.97. The summed E-state index contributed by atoms with van der Waals surface area (Å²) in [6.07, 6.45) is 4.35. The van der Waals surface area contributed by atoms with Crippen LogP contribution >= 0.6 is 12.2 Å². The number of benzene rings is 1. The van der Waals surface area contributed by atoms with Crippen LogP contribution in [-0.4, -0.2) is 34.5 Å². The second-order valence-corrected chi connectivity index (χ2v) is 10.1. The molecule has 1 spiro atoms. The number of thiocarbonyl (C=S) groups is 1. The van der Waals surface area contributed by atoms with Crippen LogP contribution in [0.25, 0.3) is 0 Å². The molecule has 2 fully saturated rings. The number of halogens is 1. The van der Waals surface area contributed by atoms with E-state index in [-0.39, 0.29) is 27.7 Å². The van der Waals surface area contributed by atoms with Gasteiger partial charge in [-0.05, 0) is 73.6 Å². The summed E-state index contributed by atoms with van der Waals surface area (Å²) in [5.74, 6) is -1.41. The molecule has 0 bridgehead atoms. The maximum Gasteiger partial charge on any atom is 0.259 e. The van der Waals surface area contributed by atoms with Crippen LogP contribution in [0.5, 0.6) is 0 Å². The largest absolute Gasteiger partial charge is 0.355 e. The van der Waals surface area contributed by atoms with Crippen LogP contribution in [0.15, 0.2) is 30.5 Å². The van der Waals surface area contributed by atoms with Crippen molar-refractivity contribution in [2.75, 3.05) is 16.8 Å². The number of hydrogen-bond acceptors (Lipinski definition) is 5. The molecule has 1 aromatic carbocycles. The number of carbonyl (C=O) groups excluding carboxylic acids is 2. The van der Waals surface area contributed by atoms with Gasteiger partial charge in [-0.15, -0.1) is 0 Å². The number of rotatable bonds is 3. The molecule has 7 nitrogen and oxygen atoms in total. The Balaban J connectivity index is 1.87. The van der Waals surface area contributed by atoms with E-state index in [0.29, 0.717) is 29.8 Å². The summed E-state index contributed by atoms with van der Waals surface area (Å²) >= 11 is 5.82. The van der Waals surface area contributed by atoms with E-state index in [1.807, 2.05) is 6.07 Å². The fourth-order valence-electron chi connectivity index (χ4n) is 5.22. The van der Waals surface area contributed by atoms with E-state index in [2.05, 4.69) is 24.1 Å². The molecule has 1 saturated carbocycles. The van der Waals surface area contributed by atoms with Gasteiger partial charge in [0.15, 0.2) is 5.11 Å². The lowest BCUT2D eigenvalue weighted by Crippen LogP contribution is -2.54. The minimum Gasteiger partial charge on any atom is -0.355 e. The predicted octanol–water partition coefficient (Wildman–Crippen LogP) is 4.24. The summed E-state index contributed by atoms with van der Waals surface area (Å²) in [6.45, 7) is 5.99. The van der Waals surface area contributed by atoms with Crippen LogP contribution in [0.3, 0.4) is 0 Å². The molecule has 34 heavy (non-hydrogen) atoms. The Hall–Kier alpha value is -3.38. The lowest BCUT2D eigenvalue weighted by Gasteiger charge is -2.45. The summed E-state index contributed by atoms with van der Waals surface area (Å²) in [5, 5.41) is 11.9. The molecular weight excluding hydrogens is 453 g/mol. The standard InChI is InChI=1S/C25H26FN5O2S/c1-15-10-17(13-29-20(15)12-27)30-22(33)25(9-5-8-24(2,3)14-25)31(23(30)34)16-6-7-18(19(26)11-16)21(32)28-4/h6-7,10-11,13H,5,8-9,14H2,1-4H3,(H,28,32). The van der Waals surface area contributed by atoms with Gasteiger partial charge < -0.3 is 10.2 Å². The van der Waals surface area contributed by atoms with E-state index in [0.717, 1.165) is 12.8 Å². The highest BCUT2D eigenvalue weighted by Crippen LogP contribution is 2.50. The van der Waals surface area contributed by atoms with Crippen LogP contribution in [0.2, 0.25) is 0 Å². The molecule has 9 heteroatoms. The van der Waals surface area contributed by atoms with Gasteiger partial charge in [-0.25, -0.2) is 9.37 Å². The maximum absolute atomic E-state index is 15.0. The fourth-order valence-corrected chi connectivity index (χ4v) is 5.69. The van der Waals surface area contributed by atoms with Gasteiger partial charge in [0.05, 0.1) is 17.4 Å². The number of nitrogens with zero attached hydrogens (tertiary/aromatic N) is 4. The number of aromatic nitrogens is 1. The molecule has 1 aliphatic carbocycles. The third-order valence-corrected chi connectivity index (χ3v) is 7.10. The molecule has 0 radical (unpaired) electrons. The second-order valence-electron chi connectivity index (χ2n) is 9.70. The van der Waals surface area contributed by atoms with Gasteiger partial charge in [-0.2, -0.15) is 5.26 Å². The first-order chi connectivity index (χ1) is 16.0. The number of pyridine rings is 1. The van der Waals surface area contributed by atoms with E-state index in [1.165, 1.54) is 30.3 Å². The zero-order valence-corrected chi connectivity index (χ0v) is 20.4. The third kappa shape index (κ3) is 3.72. The smallest absolute Gasteiger partial charge is 0.259 e. The van der Waals surface area contributed by atoms with Crippen molar-refractivity contribution in [2.45, 2.75) is 52.0 Å². The highest BCUT2D eigenvalue weighted by atomic mass is 32.1. The first-order valence-electron chi connectivity index (χ1n) is 11.1. The van der Waals surface area contributed by atoms with E-state index >= 15 is 0 Å². The molecule has 1 unspecified atom stereocenters. The topological polar surface area (TPSA) is 89.3 Å². The lowest BCUT2D eigenvalue weighted by atomic mass is 9.67. The molecule has 1 aliphatic heterocycles. The van der Waals surface area contributed by atoms with Crippen molar-refractivity contribution >= 4 is 40.5 Å². The van der Waals surface area contributed by atoms with Crippen molar-refractivity contribution in [2.24, 2.45) is 5.41 Å². The van der Waals surface area contributed by atoms with Crippen molar-refractivity contribution in [1.82, 2.24) is 10.3 Å². The Morgan fingerprint density at radius 3 is 2.59 bits per heavy atom. The van der Waals surface area contributed by atoms with E-state index in [1.54, 1.807) is 24.0 Å². The Labute approximate surface area is 203 Å². The fraction of sp³-hybridized carbons (Fsp3) is 0.400. The van der Waals surface area contributed by atoms with E-state index in [9.17, 15) is 19.2 Å². The molecule has 2 aliphatic rings. The van der Waals surface area contributed by atoms with E-state index < -0.39 is 17.3 Å². The average molecular weight is 480 g/mol. The monoisotopic (exact) mass is 479 g/mol. The normalized spacial score (nSPS) is 21.6. The minimum absolute atomic E-state index is 0.0792. The lowest BCUT2D eigenvalue weighted by molar-refractivity contribution is -0.123. The maximum atomic E-state index is 15.0. The van der Waals surface area contributed by atoms with Gasteiger partial charge in [0, 0.05) is 12.7 Å². The van der Waals surface area contributed by atoms with Crippen molar-refractivity contribution in [3.8, 4) is 6.07 Å². The van der Waals surface area contributed by atoms with Crippen molar-refractivity contribution in [3.05, 3.63) is 53.1 Å². The van der Waals surface area contributed by atoms with Crippen LogP contribution in [0.1, 0.15) is 61.1 Å². The quantitative estimate of drug-likeness (QED) is 0.663. The highest BCUT2D eigenvalue weighted by molar-refractivity contribution is 7.81. The molecular formula is C25H26FN5O2S. The molecule has 2 aromatic rings. The predicted molar refractivity (Wildman–Crippen MR) is 131 cm³/mol. The first-order valence-corrected chi connectivity index (χ1v) is 11.5. The van der Waals surface area contributed by atoms with Crippen LogP contribution < -0.4 is 15.1 Å². The molecule has 4 rings (SSSR count). The molecule has 1 saturated heterocycles. The van der Waals surface area contributed by atoms with Gasteiger partial charge in [0.2, 0.25) is 0 Å². The van der Waals surface area contributed by atoms with Crippen LogP contribution in [0, 0.1) is 29.5 Å². The molecule has 2 heterocycles. The van der Waals surface area contributed by atoms with Gasteiger partial charge in [0.1, 0.15) is 23.1 Å². The number of aryl methyl sites for hydroxylation is 1. The van der Waals surface area contributed by atoms with Crippen molar-refractivity contribution < 1.29 is 14.0 Å². The summed E-state index contributed by atoms with van der Waals surface area (Å²) in [6, 6.07) is 8.05. The Kier molecular flexibility index (Phi) is 5.90. The molecule has 2 amide bonds. The van der Waals surface area contributed by atoms with Gasteiger partial charge in [0.25, 0.3) is 11.8 Å². The number of hydrogen-bond donors (Lipinski definition) is 1. The minimum atomic E-state index is -0.985. The summed E-state index contributed by atoms with van der Waals surface area (Å²) in [7, 11) is 1.44. The summed E-state index contributed by atoms with van der Waals surface area (Å²) in [4.78, 5) is 33.5. The number of nitrogens with one attached hydrogen (secondary N) is 1. The summed E-state index contributed by atoms with van der Waals surface area (Å²) in [5.41, 5.74) is 0.607. The van der Waals surface area contributed by atoms with Gasteiger partial charge in [-0.1, -0.05) is 20.3 Å². The van der Waals surface area contributed by atoms with Crippen molar-refractivity contribution in [3.63, 3.8) is 0 Å². The summed E-state index contributed by atoms with van der Waals surface area (Å²) < 4.78 is 15.0. The SMILES string of the molecule is CNC(=O)c1ccc(N2C(=S)N(c3cnc(C#N)c(C)c3)C(=O)C23CCCC(C)(C)C3)cc1F. The van der Waals surface area contributed by atoms with Crippen molar-refractivity contribution in [1.29, 1.82) is 5.26 Å². The zero-order valence-electron chi connectivity index (χ0n) is 19.6. The molecule has 1 N–H and O–H groups in total. The number of nitriles is 1.